The maximum atomic E-state index is 12.4. The molecule has 2 aliphatic rings. The van der Waals surface area contributed by atoms with Crippen LogP contribution in [0, 0.1) is 5.92 Å². The summed E-state index contributed by atoms with van der Waals surface area (Å²) in [4.78, 5) is 35.8. The molecule has 3 N–H and O–H groups in total. The molecule has 2 aromatic carbocycles. The van der Waals surface area contributed by atoms with Gasteiger partial charge in [0.05, 0.1) is 6.42 Å². The molecule has 0 spiro atoms. The second-order valence-electron chi connectivity index (χ2n) is 9.04. The first-order valence-electron chi connectivity index (χ1n) is 11.5. The zero-order valence-electron chi connectivity index (χ0n) is 18.8. The van der Waals surface area contributed by atoms with E-state index >= 15 is 0 Å². The first-order valence-corrected chi connectivity index (χ1v) is 11.5. The number of rotatable bonds is 8. The quantitative estimate of drug-likeness (QED) is 0.563. The van der Waals surface area contributed by atoms with Crippen LogP contribution in [0.5, 0.6) is 0 Å². The number of fused-ring (bicyclic) bond motifs is 3. The highest BCUT2D eigenvalue weighted by molar-refractivity contribution is 5.80. The van der Waals surface area contributed by atoms with Crippen LogP contribution in [0.1, 0.15) is 56.1 Å². The third-order valence-electron chi connectivity index (χ3n) is 6.64. The highest BCUT2D eigenvalue weighted by Gasteiger charge is 2.31. The average molecular weight is 451 g/mol. The van der Waals surface area contributed by atoms with E-state index in [2.05, 4.69) is 34.9 Å². The van der Waals surface area contributed by atoms with Gasteiger partial charge in [-0.2, -0.15) is 0 Å². The number of carbonyl (C=O) groups excluding carboxylic acids is 2. The van der Waals surface area contributed by atoms with Crippen molar-refractivity contribution in [3.05, 3.63) is 59.7 Å². The maximum absolute atomic E-state index is 12.4. The molecule has 3 atom stereocenters. The van der Waals surface area contributed by atoms with Crippen molar-refractivity contribution < 1.29 is 24.2 Å². The summed E-state index contributed by atoms with van der Waals surface area (Å²) in [5.74, 6) is -1.08. The summed E-state index contributed by atoms with van der Waals surface area (Å²) in [5.41, 5.74) is 4.62. The zero-order valence-corrected chi connectivity index (χ0v) is 18.8. The fraction of sp³-hybridized carbons (Fsp3) is 0.423. The Morgan fingerprint density at radius 3 is 2.30 bits per heavy atom. The Labute approximate surface area is 193 Å². The van der Waals surface area contributed by atoms with Crippen LogP contribution in [0.15, 0.2) is 48.5 Å². The summed E-state index contributed by atoms with van der Waals surface area (Å²) in [6.07, 6.45) is 2.14. The van der Waals surface area contributed by atoms with Gasteiger partial charge in [0.25, 0.3) is 0 Å². The van der Waals surface area contributed by atoms with Crippen LogP contribution >= 0.6 is 0 Å². The Hall–Kier alpha value is -3.35. The van der Waals surface area contributed by atoms with Crippen molar-refractivity contribution in [1.82, 2.24) is 10.6 Å². The Morgan fingerprint density at radius 2 is 1.67 bits per heavy atom. The molecule has 7 heteroatoms. The average Bonchev–Trinajstić information content (AvgIpc) is 3.33. The standard InChI is InChI=1S/C26H30N2O5/c1-16(13-24(29)28-23-12-6-7-17(23)14-25(30)31)27-26(32)33-15-22-20-10-4-2-8-18(20)19-9-3-5-11-21(19)22/h2-5,8-11,16-17,22-23H,6-7,12-15H2,1H3,(H,27,32)(H,28,29)(H,30,31). The molecule has 174 valence electrons. The van der Waals surface area contributed by atoms with Gasteiger partial charge in [-0.1, -0.05) is 55.0 Å². The molecule has 0 aromatic heterocycles. The van der Waals surface area contributed by atoms with Gasteiger partial charge in [0.2, 0.25) is 5.91 Å². The number of carboxylic acids is 1. The highest BCUT2D eigenvalue weighted by atomic mass is 16.5. The van der Waals surface area contributed by atoms with Gasteiger partial charge in [-0.3, -0.25) is 9.59 Å². The van der Waals surface area contributed by atoms with E-state index in [0.29, 0.717) is 0 Å². The second-order valence-corrected chi connectivity index (χ2v) is 9.04. The number of carbonyl (C=O) groups is 3. The van der Waals surface area contributed by atoms with E-state index in [-0.39, 0.29) is 43.2 Å². The fourth-order valence-corrected chi connectivity index (χ4v) is 5.13. The summed E-state index contributed by atoms with van der Waals surface area (Å²) in [6.45, 7) is 1.97. The minimum atomic E-state index is -0.841. The number of amides is 2. The predicted octanol–water partition coefficient (Wildman–Crippen LogP) is 4.06. The SMILES string of the molecule is CC(CC(=O)NC1CCCC1CC(=O)O)NC(=O)OCC1c2ccccc2-c2ccccc21. The van der Waals surface area contributed by atoms with Crippen molar-refractivity contribution in [2.24, 2.45) is 5.92 Å². The third-order valence-corrected chi connectivity index (χ3v) is 6.64. The van der Waals surface area contributed by atoms with Crippen LogP contribution < -0.4 is 10.6 Å². The van der Waals surface area contributed by atoms with E-state index in [1.807, 2.05) is 24.3 Å². The minimum absolute atomic E-state index is 0.0183. The number of alkyl carbamates (subject to hydrolysis) is 1. The first kappa shape index (κ1) is 22.8. The highest BCUT2D eigenvalue weighted by Crippen LogP contribution is 2.44. The molecule has 0 saturated heterocycles. The molecule has 7 nitrogen and oxygen atoms in total. The molecule has 2 aromatic rings. The zero-order chi connectivity index (χ0) is 23.4. The van der Waals surface area contributed by atoms with Gasteiger partial charge in [0.15, 0.2) is 0 Å². The topological polar surface area (TPSA) is 105 Å². The fourth-order valence-electron chi connectivity index (χ4n) is 5.13. The van der Waals surface area contributed by atoms with Crippen LogP contribution in [0.4, 0.5) is 4.79 Å². The molecule has 0 heterocycles. The molecule has 0 bridgehead atoms. The minimum Gasteiger partial charge on any atom is -0.481 e. The Balaban J connectivity index is 1.26. The van der Waals surface area contributed by atoms with E-state index in [1.165, 1.54) is 11.1 Å². The van der Waals surface area contributed by atoms with E-state index in [1.54, 1.807) is 6.92 Å². The van der Waals surface area contributed by atoms with Gasteiger partial charge in [0, 0.05) is 24.4 Å². The molecule has 33 heavy (non-hydrogen) atoms. The van der Waals surface area contributed by atoms with E-state index in [9.17, 15) is 14.4 Å². The smallest absolute Gasteiger partial charge is 0.407 e. The summed E-state index contributed by atoms with van der Waals surface area (Å²) in [5, 5.41) is 14.7. The van der Waals surface area contributed by atoms with Crippen molar-refractivity contribution >= 4 is 18.0 Å². The molecule has 4 rings (SSSR count). The third kappa shape index (κ3) is 5.35. The van der Waals surface area contributed by atoms with Crippen LogP contribution in [-0.4, -0.2) is 41.8 Å². The van der Waals surface area contributed by atoms with Crippen molar-refractivity contribution in [2.75, 3.05) is 6.61 Å². The number of carboxylic acid groups (broad SMARTS) is 1. The van der Waals surface area contributed by atoms with Gasteiger partial charge in [-0.15, -0.1) is 0 Å². The molecule has 1 saturated carbocycles. The van der Waals surface area contributed by atoms with Gasteiger partial charge in [0.1, 0.15) is 6.61 Å². The van der Waals surface area contributed by atoms with Crippen molar-refractivity contribution in [3.8, 4) is 11.1 Å². The normalized spacial score (nSPS) is 19.9. The van der Waals surface area contributed by atoms with Gasteiger partial charge < -0.3 is 20.5 Å². The largest absolute Gasteiger partial charge is 0.481 e. The van der Waals surface area contributed by atoms with Crippen LogP contribution in [-0.2, 0) is 14.3 Å². The van der Waals surface area contributed by atoms with Crippen molar-refractivity contribution in [2.45, 2.75) is 57.0 Å². The molecule has 2 aliphatic carbocycles. The molecular formula is C26H30N2O5. The van der Waals surface area contributed by atoms with Crippen molar-refractivity contribution in [1.29, 1.82) is 0 Å². The molecular weight excluding hydrogens is 420 g/mol. The lowest BCUT2D eigenvalue weighted by Gasteiger charge is -2.21. The van der Waals surface area contributed by atoms with Gasteiger partial charge in [-0.05, 0) is 47.9 Å². The molecule has 1 fully saturated rings. The monoisotopic (exact) mass is 450 g/mol. The molecule has 0 radical (unpaired) electrons. The summed E-state index contributed by atoms with van der Waals surface area (Å²) in [6, 6.07) is 15.8. The second kappa shape index (κ2) is 10.1. The number of hydrogen-bond acceptors (Lipinski definition) is 4. The maximum Gasteiger partial charge on any atom is 0.407 e. The van der Waals surface area contributed by atoms with E-state index in [0.717, 1.165) is 30.4 Å². The number of ether oxygens (including phenoxy) is 1. The predicted molar refractivity (Wildman–Crippen MR) is 124 cm³/mol. The first-order chi connectivity index (χ1) is 15.9. The van der Waals surface area contributed by atoms with Crippen LogP contribution in [0.3, 0.4) is 0 Å². The van der Waals surface area contributed by atoms with Gasteiger partial charge in [-0.25, -0.2) is 4.79 Å². The lowest BCUT2D eigenvalue weighted by molar-refractivity contribution is -0.138. The molecule has 0 aliphatic heterocycles. The molecule has 3 unspecified atom stereocenters. The Morgan fingerprint density at radius 1 is 1.03 bits per heavy atom. The lowest BCUT2D eigenvalue weighted by Crippen LogP contribution is -2.42. The number of hydrogen-bond donors (Lipinski definition) is 3. The van der Waals surface area contributed by atoms with Crippen molar-refractivity contribution in [3.63, 3.8) is 0 Å². The van der Waals surface area contributed by atoms with Crippen LogP contribution in [0.25, 0.3) is 11.1 Å². The van der Waals surface area contributed by atoms with Crippen LogP contribution in [0.2, 0.25) is 0 Å². The Kier molecular flexibility index (Phi) is 6.96. The Bertz CT molecular complexity index is 991. The lowest BCUT2D eigenvalue weighted by atomic mass is 9.98. The number of benzene rings is 2. The number of nitrogens with one attached hydrogen (secondary N) is 2. The number of aliphatic carboxylic acids is 1. The molecule has 2 amide bonds. The van der Waals surface area contributed by atoms with E-state index < -0.39 is 18.1 Å². The summed E-state index contributed by atoms with van der Waals surface area (Å²) < 4.78 is 5.54. The van der Waals surface area contributed by atoms with Gasteiger partial charge >= 0.3 is 12.1 Å². The van der Waals surface area contributed by atoms with E-state index in [4.69, 9.17) is 9.84 Å². The summed E-state index contributed by atoms with van der Waals surface area (Å²) >= 11 is 0. The summed E-state index contributed by atoms with van der Waals surface area (Å²) in [7, 11) is 0.